The van der Waals surface area contributed by atoms with Crippen molar-refractivity contribution in [3.8, 4) is 5.75 Å². The van der Waals surface area contributed by atoms with Gasteiger partial charge in [-0.15, -0.1) is 11.8 Å². The second-order valence-corrected chi connectivity index (χ2v) is 12.6. The number of amides is 2. The highest BCUT2D eigenvalue weighted by molar-refractivity contribution is 7.98. The molecule has 3 rings (SSSR count). The van der Waals surface area contributed by atoms with Crippen LogP contribution in [0.15, 0.2) is 88.7 Å². The van der Waals surface area contributed by atoms with Crippen molar-refractivity contribution < 1.29 is 22.7 Å². The molecule has 10 heteroatoms. The second kappa shape index (κ2) is 15.7. The smallest absolute Gasteiger partial charge is 0.264 e. The molecule has 0 fully saturated rings. The van der Waals surface area contributed by atoms with Crippen LogP contribution in [-0.2, 0) is 26.2 Å². The summed E-state index contributed by atoms with van der Waals surface area (Å²) in [4.78, 5) is 30.1. The number of benzene rings is 3. The van der Waals surface area contributed by atoms with E-state index in [4.69, 9.17) is 4.74 Å². The van der Waals surface area contributed by atoms with Crippen molar-refractivity contribution in [2.24, 2.45) is 0 Å². The molecule has 0 aliphatic rings. The monoisotopic (exact) mass is 611 g/mol. The van der Waals surface area contributed by atoms with Crippen molar-refractivity contribution in [2.45, 2.75) is 69.0 Å². The van der Waals surface area contributed by atoms with E-state index >= 15 is 0 Å². The third-order valence-corrected chi connectivity index (χ3v) is 9.46. The lowest BCUT2D eigenvalue weighted by Crippen LogP contribution is -2.53. The fraction of sp³-hybridized carbons (Fsp3) is 0.375. The number of para-hydroxylation sites is 2. The summed E-state index contributed by atoms with van der Waals surface area (Å²) in [5, 5.41) is 2.99. The Balaban J connectivity index is 2.10. The molecule has 0 unspecified atom stereocenters. The summed E-state index contributed by atoms with van der Waals surface area (Å²) in [7, 11) is -4.20. The minimum Gasteiger partial charge on any atom is -0.492 e. The Labute approximate surface area is 254 Å². The maximum Gasteiger partial charge on any atom is 0.264 e. The Morgan fingerprint density at radius 2 is 1.55 bits per heavy atom. The highest BCUT2D eigenvalue weighted by Crippen LogP contribution is 2.33. The number of hydrogen-bond acceptors (Lipinski definition) is 6. The number of rotatable bonds is 15. The summed E-state index contributed by atoms with van der Waals surface area (Å²) in [6.45, 7) is 7.49. The molecule has 0 bridgehead atoms. The molecule has 42 heavy (non-hydrogen) atoms. The molecule has 0 aliphatic carbocycles. The first-order valence-electron chi connectivity index (χ1n) is 14.2. The minimum absolute atomic E-state index is 0.0515. The topological polar surface area (TPSA) is 96.0 Å². The van der Waals surface area contributed by atoms with Gasteiger partial charge in [-0.2, -0.15) is 0 Å². The highest BCUT2D eigenvalue weighted by atomic mass is 32.2. The van der Waals surface area contributed by atoms with E-state index in [1.54, 1.807) is 36.4 Å². The molecule has 3 aromatic carbocycles. The first-order chi connectivity index (χ1) is 20.2. The van der Waals surface area contributed by atoms with Gasteiger partial charge >= 0.3 is 0 Å². The lowest BCUT2D eigenvalue weighted by molar-refractivity contribution is -0.140. The van der Waals surface area contributed by atoms with Crippen molar-refractivity contribution >= 4 is 39.3 Å². The average molecular weight is 612 g/mol. The van der Waals surface area contributed by atoms with Gasteiger partial charge in [0, 0.05) is 17.5 Å². The van der Waals surface area contributed by atoms with Crippen LogP contribution >= 0.6 is 11.8 Å². The van der Waals surface area contributed by atoms with Gasteiger partial charge in [0.2, 0.25) is 11.8 Å². The molecule has 3 aromatic rings. The van der Waals surface area contributed by atoms with Crippen LogP contribution in [0.3, 0.4) is 0 Å². The lowest BCUT2D eigenvalue weighted by Gasteiger charge is -2.34. The molecule has 0 aliphatic heterocycles. The zero-order chi connectivity index (χ0) is 30.7. The van der Waals surface area contributed by atoms with Crippen molar-refractivity contribution in [2.75, 3.05) is 23.7 Å². The summed E-state index contributed by atoms with van der Waals surface area (Å²) < 4.78 is 35.2. The zero-order valence-corrected chi connectivity index (χ0v) is 26.6. The molecule has 2 amide bonds. The van der Waals surface area contributed by atoms with Crippen molar-refractivity contribution in [1.29, 1.82) is 0 Å². The Hall–Kier alpha value is -3.50. The van der Waals surface area contributed by atoms with Crippen LogP contribution in [0.25, 0.3) is 0 Å². The molecule has 0 spiro atoms. The van der Waals surface area contributed by atoms with E-state index < -0.39 is 28.5 Å². The lowest BCUT2D eigenvalue weighted by atomic mass is 10.1. The van der Waals surface area contributed by atoms with Crippen LogP contribution < -0.4 is 14.4 Å². The Bertz CT molecular complexity index is 1420. The van der Waals surface area contributed by atoms with E-state index in [1.807, 2.05) is 64.3 Å². The van der Waals surface area contributed by atoms with Gasteiger partial charge in [0.1, 0.15) is 18.3 Å². The Morgan fingerprint density at radius 3 is 2.14 bits per heavy atom. The molecule has 0 heterocycles. The summed E-state index contributed by atoms with van der Waals surface area (Å²) in [6.07, 6.45) is 3.01. The molecule has 2 atom stereocenters. The van der Waals surface area contributed by atoms with E-state index in [0.29, 0.717) is 18.8 Å². The second-order valence-electron chi connectivity index (χ2n) is 9.84. The number of hydrogen-bond donors (Lipinski definition) is 1. The standard InChI is InChI=1S/C32H41N3O5S2/c1-6-24(4)33-32(37)28(7-2)34(22-25-14-10-9-11-15-25)31(36)23-35(29-16-12-13-17-30(29)40-8-3)42(38,39)27-20-18-26(41-5)19-21-27/h9-21,24,28H,6-8,22-23H2,1-5H3,(H,33,37)/t24-,28-/m1/s1. The molecule has 226 valence electrons. The number of ether oxygens (including phenoxy) is 1. The number of sulfonamides is 1. The molecule has 8 nitrogen and oxygen atoms in total. The van der Waals surface area contributed by atoms with Gasteiger partial charge in [0.05, 0.1) is 17.2 Å². The summed E-state index contributed by atoms with van der Waals surface area (Å²) in [6, 6.07) is 21.8. The third-order valence-electron chi connectivity index (χ3n) is 6.94. The van der Waals surface area contributed by atoms with E-state index in [1.165, 1.54) is 28.8 Å². The third kappa shape index (κ3) is 8.29. The van der Waals surface area contributed by atoms with Crippen LogP contribution in [0.1, 0.15) is 46.1 Å². The van der Waals surface area contributed by atoms with Gasteiger partial charge in [0.25, 0.3) is 10.0 Å². The average Bonchev–Trinajstić information content (AvgIpc) is 3.00. The summed E-state index contributed by atoms with van der Waals surface area (Å²) in [5.74, 6) is -0.429. The van der Waals surface area contributed by atoms with Gasteiger partial charge in [-0.3, -0.25) is 13.9 Å². The normalized spacial score (nSPS) is 12.7. The first kappa shape index (κ1) is 33.0. The maximum atomic E-state index is 14.2. The predicted octanol–water partition coefficient (Wildman–Crippen LogP) is 5.72. The number of anilines is 1. The van der Waals surface area contributed by atoms with E-state index in [2.05, 4.69) is 5.32 Å². The maximum absolute atomic E-state index is 14.2. The number of carbonyl (C=O) groups excluding carboxylic acids is 2. The fourth-order valence-electron chi connectivity index (χ4n) is 4.47. The molecule has 0 radical (unpaired) electrons. The number of thioether (sulfide) groups is 1. The summed E-state index contributed by atoms with van der Waals surface area (Å²) >= 11 is 1.50. The van der Waals surface area contributed by atoms with Gasteiger partial charge in [-0.05, 0) is 74.9 Å². The summed E-state index contributed by atoms with van der Waals surface area (Å²) in [5.41, 5.74) is 1.08. The van der Waals surface area contributed by atoms with Crippen molar-refractivity contribution in [3.63, 3.8) is 0 Å². The first-order valence-corrected chi connectivity index (χ1v) is 16.8. The van der Waals surface area contributed by atoms with Crippen LogP contribution in [0, 0.1) is 0 Å². The molecular weight excluding hydrogens is 571 g/mol. The Morgan fingerprint density at radius 1 is 0.905 bits per heavy atom. The van der Waals surface area contributed by atoms with Crippen LogP contribution in [0.2, 0.25) is 0 Å². The molecule has 0 saturated heterocycles. The van der Waals surface area contributed by atoms with Crippen LogP contribution in [0.4, 0.5) is 5.69 Å². The van der Waals surface area contributed by atoms with Crippen molar-refractivity contribution in [3.05, 3.63) is 84.4 Å². The quantitative estimate of drug-likeness (QED) is 0.221. The van der Waals surface area contributed by atoms with E-state index in [9.17, 15) is 18.0 Å². The van der Waals surface area contributed by atoms with Crippen LogP contribution in [-0.4, -0.2) is 56.6 Å². The Kier molecular flexibility index (Phi) is 12.3. The molecule has 0 saturated carbocycles. The van der Waals surface area contributed by atoms with Gasteiger partial charge in [-0.25, -0.2) is 8.42 Å². The minimum atomic E-state index is -4.20. The van der Waals surface area contributed by atoms with Gasteiger partial charge < -0.3 is 15.0 Å². The van der Waals surface area contributed by atoms with E-state index in [-0.39, 0.29) is 29.1 Å². The predicted molar refractivity (Wildman–Crippen MR) is 169 cm³/mol. The number of nitrogens with zero attached hydrogens (tertiary/aromatic N) is 2. The SMILES string of the molecule is CCOc1ccccc1N(CC(=O)N(Cc1ccccc1)[C@H](CC)C(=O)N[C@H](C)CC)S(=O)(=O)c1ccc(SC)cc1. The largest absolute Gasteiger partial charge is 0.492 e. The molecular formula is C32H41N3O5S2. The highest BCUT2D eigenvalue weighted by Gasteiger charge is 2.35. The number of carbonyl (C=O) groups is 2. The van der Waals surface area contributed by atoms with Crippen molar-refractivity contribution in [1.82, 2.24) is 10.2 Å². The van der Waals surface area contributed by atoms with Gasteiger partial charge in [0.15, 0.2) is 0 Å². The zero-order valence-electron chi connectivity index (χ0n) is 24.9. The molecule has 0 aromatic heterocycles. The van der Waals surface area contributed by atoms with E-state index in [0.717, 1.165) is 21.2 Å². The number of nitrogens with one attached hydrogen (secondary N) is 1. The molecule has 1 N–H and O–H groups in total. The fourth-order valence-corrected chi connectivity index (χ4v) is 6.30. The van der Waals surface area contributed by atoms with Crippen LogP contribution in [0.5, 0.6) is 5.75 Å². The van der Waals surface area contributed by atoms with Gasteiger partial charge in [-0.1, -0.05) is 56.3 Å².